The summed E-state index contributed by atoms with van der Waals surface area (Å²) < 4.78 is 40.4. The Morgan fingerprint density at radius 2 is 1.90 bits per heavy atom. The summed E-state index contributed by atoms with van der Waals surface area (Å²) in [5, 5.41) is 0. The largest absolute Gasteiger partial charge is 0.338 e. The summed E-state index contributed by atoms with van der Waals surface area (Å²) in [6.07, 6.45) is 2.23. The molecule has 2 aromatic rings. The lowest BCUT2D eigenvalue weighted by atomic mass is 10.0. The minimum atomic E-state index is -1.26. The smallest absolute Gasteiger partial charge is 0.272 e. The van der Waals surface area contributed by atoms with E-state index in [1.165, 1.54) is 0 Å². The Kier molecular flexibility index (Phi) is 5.95. The van der Waals surface area contributed by atoms with Gasteiger partial charge in [0.15, 0.2) is 11.6 Å². The number of hydrogen-bond acceptors (Lipinski definition) is 4. The van der Waals surface area contributed by atoms with Gasteiger partial charge in [-0.1, -0.05) is 6.07 Å². The SMILES string of the molecule is NC(CC(=O)N1CCC2CN(C(=O)c3ccccn3)CC21)Cc1cc(F)c(F)cc1F. The molecule has 31 heavy (non-hydrogen) atoms. The van der Waals surface area contributed by atoms with E-state index >= 15 is 0 Å². The molecule has 2 saturated heterocycles. The van der Waals surface area contributed by atoms with E-state index in [0.29, 0.717) is 31.4 Å². The van der Waals surface area contributed by atoms with E-state index in [4.69, 9.17) is 5.73 Å². The van der Waals surface area contributed by atoms with Crippen molar-refractivity contribution >= 4 is 11.8 Å². The average molecular weight is 432 g/mol. The van der Waals surface area contributed by atoms with Gasteiger partial charge in [0.25, 0.3) is 5.91 Å². The van der Waals surface area contributed by atoms with Crippen LogP contribution >= 0.6 is 0 Å². The molecule has 2 aliphatic rings. The Bertz CT molecular complexity index is 988. The minimum absolute atomic E-state index is 0.0458. The topological polar surface area (TPSA) is 79.5 Å². The summed E-state index contributed by atoms with van der Waals surface area (Å²) in [7, 11) is 0. The molecule has 2 N–H and O–H groups in total. The predicted molar refractivity (Wildman–Crippen MR) is 106 cm³/mol. The van der Waals surface area contributed by atoms with Crippen molar-refractivity contribution in [3.8, 4) is 0 Å². The van der Waals surface area contributed by atoms with Gasteiger partial charge in [0.1, 0.15) is 11.5 Å². The summed E-state index contributed by atoms with van der Waals surface area (Å²) in [6, 6.07) is 5.59. The molecule has 2 aliphatic heterocycles. The monoisotopic (exact) mass is 432 g/mol. The van der Waals surface area contributed by atoms with E-state index in [2.05, 4.69) is 4.98 Å². The summed E-state index contributed by atoms with van der Waals surface area (Å²) in [6.45, 7) is 1.57. The number of likely N-dealkylation sites (tertiary alicyclic amines) is 2. The first-order valence-electron chi connectivity index (χ1n) is 10.2. The Hall–Kier alpha value is -2.94. The Morgan fingerprint density at radius 3 is 2.65 bits per heavy atom. The number of hydrogen-bond donors (Lipinski definition) is 1. The first kappa shape index (κ1) is 21.3. The van der Waals surface area contributed by atoms with Crippen LogP contribution in [0, 0.1) is 23.4 Å². The number of pyridine rings is 1. The zero-order valence-corrected chi connectivity index (χ0v) is 16.8. The van der Waals surface area contributed by atoms with E-state index in [1.807, 2.05) is 0 Å². The highest BCUT2D eigenvalue weighted by molar-refractivity contribution is 5.92. The molecular formula is C22H23F3N4O2. The van der Waals surface area contributed by atoms with Crippen LogP contribution in [-0.4, -0.2) is 58.3 Å². The van der Waals surface area contributed by atoms with E-state index in [9.17, 15) is 22.8 Å². The van der Waals surface area contributed by atoms with Crippen LogP contribution in [0.25, 0.3) is 0 Å². The lowest BCUT2D eigenvalue weighted by Crippen LogP contribution is -2.43. The van der Waals surface area contributed by atoms with Crippen molar-refractivity contribution < 1.29 is 22.8 Å². The summed E-state index contributed by atoms with van der Waals surface area (Å²) >= 11 is 0. The molecular weight excluding hydrogens is 409 g/mol. The average Bonchev–Trinajstić information content (AvgIpc) is 3.33. The number of fused-ring (bicyclic) bond motifs is 1. The van der Waals surface area contributed by atoms with Gasteiger partial charge >= 0.3 is 0 Å². The van der Waals surface area contributed by atoms with Gasteiger partial charge in [-0.3, -0.25) is 14.6 Å². The van der Waals surface area contributed by atoms with Crippen LogP contribution in [0.3, 0.4) is 0 Å². The number of carbonyl (C=O) groups is 2. The van der Waals surface area contributed by atoms with Gasteiger partial charge in [-0.25, -0.2) is 13.2 Å². The fourth-order valence-corrected chi connectivity index (χ4v) is 4.50. The standard InChI is InChI=1S/C22H23F3N4O2/c23-16-10-18(25)17(24)8-14(16)7-15(26)9-21(30)29-6-4-13-11-28(12-20(13)29)22(31)19-3-1-2-5-27-19/h1-3,5,8,10,13,15,20H,4,6-7,9,11-12,26H2. The highest BCUT2D eigenvalue weighted by atomic mass is 19.2. The highest BCUT2D eigenvalue weighted by Gasteiger charge is 2.44. The molecule has 1 aromatic heterocycles. The second kappa shape index (κ2) is 8.66. The Balaban J connectivity index is 1.36. The minimum Gasteiger partial charge on any atom is -0.338 e. The van der Waals surface area contributed by atoms with Crippen molar-refractivity contribution in [1.82, 2.24) is 14.8 Å². The number of nitrogens with zero attached hydrogens (tertiary/aromatic N) is 3. The zero-order valence-electron chi connectivity index (χ0n) is 16.8. The molecule has 9 heteroatoms. The van der Waals surface area contributed by atoms with Crippen LogP contribution in [0.1, 0.15) is 28.9 Å². The molecule has 2 amide bonds. The predicted octanol–water partition coefficient (Wildman–Crippen LogP) is 2.13. The molecule has 2 fully saturated rings. The molecule has 1 aromatic carbocycles. The number of halogens is 3. The third kappa shape index (κ3) is 4.41. The maximum Gasteiger partial charge on any atom is 0.272 e. The van der Waals surface area contributed by atoms with Gasteiger partial charge in [0, 0.05) is 50.3 Å². The number of nitrogens with two attached hydrogens (primary N) is 1. The summed E-state index contributed by atoms with van der Waals surface area (Å²) in [4.78, 5) is 33.1. The van der Waals surface area contributed by atoms with E-state index < -0.39 is 23.5 Å². The van der Waals surface area contributed by atoms with Gasteiger partial charge < -0.3 is 15.5 Å². The second-order valence-corrected chi connectivity index (χ2v) is 8.15. The Labute approximate surface area is 177 Å². The van der Waals surface area contributed by atoms with Crippen molar-refractivity contribution in [2.75, 3.05) is 19.6 Å². The molecule has 164 valence electrons. The fraction of sp³-hybridized carbons (Fsp3) is 0.409. The molecule has 0 bridgehead atoms. The lowest BCUT2D eigenvalue weighted by molar-refractivity contribution is -0.132. The molecule has 0 aliphatic carbocycles. The molecule has 0 saturated carbocycles. The fourth-order valence-electron chi connectivity index (χ4n) is 4.50. The van der Waals surface area contributed by atoms with Crippen LogP contribution in [0.15, 0.2) is 36.5 Å². The number of benzene rings is 1. The number of aromatic nitrogens is 1. The van der Waals surface area contributed by atoms with Crippen molar-refractivity contribution in [1.29, 1.82) is 0 Å². The van der Waals surface area contributed by atoms with Crippen LogP contribution in [0.4, 0.5) is 13.2 Å². The molecule has 4 rings (SSSR count). The highest BCUT2D eigenvalue weighted by Crippen LogP contribution is 2.32. The third-order valence-corrected chi connectivity index (χ3v) is 6.05. The van der Waals surface area contributed by atoms with Gasteiger partial charge in [0.05, 0.1) is 6.04 Å². The van der Waals surface area contributed by atoms with Crippen LogP contribution in [-0.2, 0) is 11.2 Å². The Morgan fingerprint density at radius 1 is 1.13 bits per heavy atom. The first-order chi connectivity index (χ1) is 14.8. The zero-order chi connectivity index (χ0) is 22.1. The molecule has 6 nitrogen and oxygen atoms in total. The second-order valence-electron chi connectivity index (χ2n) is 8.15. The van der Waals surface area contributed by atoms with Crippen molar-refractivity contribution in [2.24, 2.45) is 11.7 Å². The molecule has 0 spiro atoms. The molecule has 3 atom stereocenters. The van der Waals surface area contributed by atoms with Gasteiger partial charge in [-0.2, -0.15) is 0 Å². The third-order valence-electron chi connectivity index (χ3n) is 6.05. The van der Waals surface area contributed by atoms with E-state index in [0.717, 1.165) is 12.5 Å². The lowest BCUT2D eigenvalue weighted by Gasteiger charge is -2.26. The molecule has 3 unspecified atom stereocenters. The van der Waals surface area contributed by atoms with Crippen LogP contribution < -0.4 is 5.73 Å². The summed E-state index contributed by atoms with van der Waals surface area (Å²) in [5.41, 5.74) is 6.32. The molecule has 0 radical (unpaired) electrons. The van der Waals surface area contributed by atoms with Crippen molar-refractivity contribution in [3.05, 3.63) is 65.2 Å². The van der Waals surface area contributed by atoms with Gasteiger partial charge in [-0.05, 0) is 36.6 Å². The maximum absolute atomic E-state index is 13.9. The van der Waals surface area contributed by atoms with Crippen LogP contribution in [0.2, 0.25) is 0 Å². The van der Waals surface area contributed by atoms with Crippen LogP contribution in [0.5, 0.6) is 0 Å². The van der Waals surface area contributed by atoms with E-state index in [-0.39, 0.29) is 42.2 Å². The molecule has 3 heterocycles. The quantitative estimate of drug-likeness (QED) is 0.735. The van der Waals surface area contributed by atoms with Crippen molar-refractivity contribution in [2.45, 2.75) is 31.3 Å². The number of carbonyl (C=O) groups excluding carboxylic acids is 2. The number of amides is 2. The first-order valence-corrected chi connectivity index (χ1v) is 10.2. The number of rotatable bonds is 5. The normalized spacial score (nSPS) is 21.3. The van der Waals surface area contributed by atoms with Crippen molar-refractivity contribution in [3.63, 3.8) is 0 Å². The van der Waals surface area contributed by atoms with E-state index in [1.54, 1.807) is 34.2 Å². The summed E-state index contributed by atoms with van der Waals surface area (Å²) in [5.74, 6) is -3.46. The maximum atomic E-state index is 13.9. The van der Waals surface area contributed by atoms with Gasteiger partial charge in [-0.15, -0.1) is 0 Å². The van der Waals surface area contributed by atoms with Gasteiger partial charge in [0.2, 0.25) is 5.91 Å².